The minimum Gasteiger partial charge on any atom is -0.307 e. The molecule has 1 aromatic rings. The summed E-state index contributed by atoms with van der Waals surface area (Å²) >= 11 is 0. The van der Waals surface area contributed by atoms with Crippen molar-refractivity contribution in [3.8, 4) is 0 Å². The molecule has 2 unspecified atom stereocenters. The summed E-state index contributed by atoms with van der Waals surface area (Å²) in [5.41, 5.74) is 5.97. The van der Waals surface area contributed by atoms with Crippen LogP contribution >= 0.6 is 0 Å². The number of carbonyl (C=O) groups is 1. The van der Waals surface area contributed by atoms with Crippen LogP contribution in [0.5, 0.6) is 0 Å². The van der Waals surface area contributed by atoms with Gasteiger partial charge in [-0.1, -0.05) is 6.07 Å². The van der Waals surface area contributed by atoms with E-state index in [-0.39, 0.29) is 51.4 Å². The van der Waals surface area contributed by atoms with E-state index in [1.165, 1.54) is 22.3 Å². The van der Waals surface area contributed by atoms with Gasteiger partial charge in [0.25, 0.3) is 0 Å². The number of hydrogen-bond donors (Lipinski definition) is 2. The number of urea groups is 1. The maximum Gasteiger partial charge on any atom is 0.332 e. The van der Waals surface area contributed by atoms with E-state index in [0.29, 0.717) is 31.0 Å². The van der Waals surface area contributed by atoms with Crippen molar-refractivity contribution in [1.29, 1.82) is 0 Å². The van der Waals surface area contributed by atoms with Crippen LogP contribution < -0.4 is 10.0 Å². The summed E-state index contributed by atoms with van der Waals surface area (Å²) in [4.78, 5) is 15.3. The first-order valence-corrected chi connectivity index (χ1v) is 13.1. The molecule has 1 radical (unpaired) electrons. The van der Waals surface area contributed by atoms with Gasteiger partial charge in [0.2, 0.25) is 10.0 Å². The first-order chi connectivity index (χ1) is 14.3. The van der Waals surface area contributed by atoms with E-state index in [0.717, 1.165) is 57.1 Å². The molecular weight excluding hydrogens is 437 g/mol. The fourth-order valence-electron chi connectivity index (χ4n) is 6.58. The minimum absolute atomic E-state index is 0. The Labute approximate surface area is 228 Å². The zero-order chi connectivity index (χ0) is 21.0. The maximum absolute atomic E-state index is 13.1. The molecule has 0 aromatic heterocycles. The van der Waals surface area contributed by atoms with Crippen molar-refractivity contribution in [3.63, 3.8) is 0 Å². The summed E-state index contributed by atoms with van der Waals surface area (Å²) in [6, 6.07) is 2.78. The van der Waals surface area contributed by atoms with Crippen molar-refractivity contribution in [2.45, 2.75) is 101 Å². The fraction of sp³-hybridized carbons (Fsp3) is 0.696. The summed E-state index contributed by atoms with van der Waals surface area (Å²) in [7, 11) is -3.69. The number of benzene rings is 1. The van der Waals surface area contributed by atoms with Crippen LogP contribution in [0.1, 0.15) is 74.6 Å². The Morgan fingerprint density at radius 3 is 2.06 bits per heavy atom. The summed E-state index contributed by atoms with van der Waals surface area (Å²) in [5, 5.41) is 2.48. The Morgan fingerprint density at radius 2 is 1.55 bits per heavy atom. The zero-order valence-corrected chi connectivity index (χ0v) is 23.0. The molecule has 2 bridgehead atoms. The molecular formula is C23H33KN3O3S. The topological polar surface area (TPSA) is 78.5 Å². The van der Waals surface area contributed by atoms with Gasteiger partial charge in [0, 0.05) is 75.2 Å². The van der Waals surface area contributed by atoms with Crippen LogP contribution in [-0.2, 0) is 35.7 Å². The molecule has 0 saturated carbocycles. The Bertz CT molecular complexity index is 933. The molecule has 2 aliphatic carbocycles. The van der Waals surface area contributed by atoms with Crippen molar-refractivity contribution in [2.75, 3.05) is 5.32 Å². The van der Waals surface area contributed by atoms with Crippen molar-refractivity contribution in [3.05, 3.63) is 28.3 Å². The molecule has 2 saturated heterocycles. The van der Waals surface area contributed by atoms with Crippen LogP contribution in [0.15, 0.2) is 6.07 Å². The molecule has 4 aliphatic rings. The summed E-state index contributed by atoms with van der Waals surface area (Å²) < 4.78 is 28.5. The van der Waals surface area contributed by atoms with Crippen molar-refractivity contribution in [2.24, 2.45) is 0 Å². The van der Waals surface area contributed by atoms with Gasteiger partial charge in [0.05, 0.1) is 5.25 Å². The van der Waals surface area contributed by atoms with Crippen molar-refractivity contribution >= 4 is 73.1 Å². The minimum atomic E-state index is -3.69. The van der Waals surface area contributed by atoms with Gasteiger partial charge in [-0.2, -0.15) is 0 Å². The summed E-state index contributed by atoms with van der Waals surface area (Å²) in [6.45, 7) is 4.37. The number of anilines is 1. The molecule has 5 rings (SSSR count). The molecule has 2 amide bonds. The number of piperidine rings is 1. The second-order valence-corrected chi connectivity index (χ2v) is 11.8. The van der Waals surface area contributed by atoms with Gasteiger partial charge in [-0.25, -0.2) is 17.9 Å². The van der Waals surface area contributed by atoms with Crippen LogP contribution in [-0.4, -0.2) is 94.1 Å². The first kappa shape index (κ1) is 24.2. The average molecular weight is 471 g/mol. The van der Waals surface area contributed by atoms with Crippen LogP contribution in [0, 0.1) is 0 Å². The molecule has 2 heterocycles. The van der Waals surface area contributed by atoms with Gasteiger partial charge in [-0.3, -0.25) is 4.90 Å². The predicted molar refractivity (Wildman–Crippen MR) is 124 cm³/mol. The Kier molecular flexibility index (Phi) is 7.29. The quantitative estimate of drug-likeness (QED) is 0.663. The number of amides is 2. The Morgan fingerprint density at radius 1 is 1.00 bits per heavy atom. The third-order valence-corrected chi connectivity index (χ3v) is 9.46. The first-order valence-electron chi connectivity index (χ1n) is 11.6. The molecule has 165 valence electrons. The van der Waals surface area contributed by atoms with E-state index in [2.05, 4.69) is 34.9 Å². The van der Waals surface area contributed by atoms with Crippen molar-refractivity contribution in [1.82, 2.24) is 9.62 Å². The van der Waals surface area contributed by atoms with Crippen LogP contribution in [0.2, 0.25) is 0 Å². The molecule has 6 nitrogen and oxygen atoms in total. The molecule has 1 aromatic carbocycles. The number of rotatable bonds is 4. The molecule has 0 spiro atoms. The maximum atomic E-state index is 13.1. The summed E-state index contributed by atoms with van der Waals surface area (Å²) in [5.74, 6) is 0. The van der Waals surface area contributed by atoms with E-state index in [9.17, 15) is 13.2 Å². The molecule has 31 heavy (non-hydrogen) atoms. The Hall–Kier alpha value is 0.0364. The van der Waals surface area contributed by atoms with E-state index in [1.54, 1.807) is 0 Å². The number of hydrogen-bond acceptors (Lipinski definition) is 4. The van der Waals surface area contributed by atoms with Crippen LogP contribution in [0.3, 0.4) is 0 Å². The fourth-order valence-corrected chi connectivity index (χ4v) is 8.01. The van der Waals surface area contributed by atoms with Crippen LogP contribution in [0.4, 0.5) is 10.5 Å². The molecule has 2 fully saturated rings. The normalized spacial score (nSPS) is 27.0. The van der Waals surface area contributed by atoms with Gasteiger partial charge in [0.15, 0.2) is 0 Å². The molecule has 2 aliphatic heterocycles. The van der Waals surface area contributed by atoms with Crippen molar-refractivity contribution < 1.29 is 13.2 Å². The van der Waals surface area contributed by atoms with Gasteiger partial charge in [-0.05, 0) is 100 Å². The largest absolute Gasteiger partial charge is 0.332 e. The number of carbonyl (C=O) groups excluding carboxylic acids is 1. The third-order valence-electron chi connectivity index (χ3n) is 7.73. The molecule has 2 N–H and O–H groups in total. The standard InChI is InChI=1S/C23H33N3O3S.K/c1-14(2)26-17-9-10-18(26)13-19(12-17)30(28,29)25-23(27)24-22-20-7-3-5-15(20)11-16-6-4-8-21(16)22;/h11,14,17-19H,3-10,12-13H2,1-2H3,(H2,24,25,27);. The monoisotopic (exact) mass is 470 g/mol. The number of aryl methyl sites for hydroxylation is 2. The van der Waals surface area contributed by atoms with Gasteiger partial charge in [0.1, 0.15) is 0 Å². The second kappa shape index (κ2) is 9.35. The smallest absolute Gasteiger partial charge is 0.307 e. The zero-order valence-electron chi connectivity index (χ0n) is 19.0. The van der Waals surface area contributed by atoms with E-state index >= 15 is 0 Å². The average Bonchev–Trinajstić information content (AvgIpc) is 3.38. The number of nitrogens with zero attached hydrogens (tertiary/aromatic N) is 1. The molecule has 8 heteroatoms. The van der Waals surface area contributed by atoms with Gasteiger partial charge >= 0.3 is 6.03 Å². The van der Waals surface area contributed by atoms with Gasteiger partial charge in [-0.15, -0.1) is 0 Å². The van der Waals surface area contributed by atoms with E-state index < -0.39 is 21.3 Å². The van der Waals surface area contributed by atoms with E-state index in [1.807, 2.05) is 0 Å². The van der Waals surface area contributed by atoms with E-state index in [4.69, 9.17) is 0 Å². The Balaban J connectivity index is 0.00000231. The second-order valence-electron chi connectivity index (χ2n) is 9.85. The van der Waals surface area contributed by atoms with Gasteiger partial charge < -0.3 is 5.32 Å². The predicted octanol–water partition coefficient (Wildman–Crippen LogP) is 3.14. The van der Waals surface area contributed by atoms with Crippen LogP contribution in [0.25, 0.3) is 0 Å². The third kappa shape index (κ3) is 4.55. The molecule has 2 atom stereocenters. The number of fused-ring (bicyclic) bond motifs is 4. The number of sulfonamides is 1. The number of nitrogens with one attached hydrogen (secondary N) is 2. The SMILES string of the molecule is CC(C)N1C2CCC1CC(S(=O)(=O)NC(=O)Nc1c3c(cc4c1CCC4)CCC3)C2.[K]. The summed E-state index contributed by atoms with van der Waals surface area (Å²) in [6.07, 6.45) is 9.58.